The monoisotopic (exact) mass is 287 g/mol. The lowest BCUT2D eigenvalue weighted by Crippen LogP contribution is -2.35. The van der Waals surface area contributed by atoms with Gasteiger partial charge in [0.15, 0.2) is 11.6 Å². The van der Waals surface area contributed by atoms with Crippen molar-refractivity contribution in [3.63, 3.8) is 0 Å². The number of aromatic carboxylic acids is 1. The van der Waals surface area contributed by atoms with Gasteiger partial charge in [0.05, 0.1) is 11.1 Å². The van der Waals surface area contributed by atoms with Crippen LogP contribution in [0.15, 0.2) is 12.1 Å². The lowest BCUT2D eigenvalue weighted by molar-refractivity contribution is 0.0689. The van der Waals surface area contributed by atoms with Crippen LogP contribution in [0.4, 0.5) is 8.78 Å². The van der Waals surface area contributed by atoms with Crippen molar-refractivity contribution < 1.29 is 23.5 Å². The third-order valence-electron chi connectivity index (χ3n) is 2.80. The van der Waals surface area contributed by atoms with E-state index in [1.807, 2.05) is 0 Å². The summed E-state index contributed by atoms with van der Waals surface area (Å²) in [6.07, 6.45) is 0.780. The van der Waals surface area contributed by atoms with E-state index >= 15 is 0 Å². The van der Waals surface area contributed by atoms with E-state index in [1.165, 1.54) is 0 Å². The number of hydrogen-bond donors (Lipinski definition) is 2. The van der Waals surface area contributed by atoms with Crippen molar-refractivity contribution in [2.75, 3.05) is 11.5 Å². The van der Waals surface area contributed by atoms with E-state index in [2.05, 4.69) is 5.32 Å². The van der Waals surface area contributed by atoms with E-state index in [4.69, 9.17) is 5.11 Å². The van der Waals surface area contributed by atoms with Crippen molar-refractivity contribution in [3.8, 4) is 0 Å². The van der Waals surface area contributed by atoms with Crippen LogP contribution in [0.2, 0.25) is 0 Å². The highest BCUT2D eigenvalue weighted by Crippen LogP contribution is 2.19. The summed E-state index contributed by atoms with van der Waals surface area (Å²) >= 11 is 1.67. The van der Waals surface area contributed by atoms with Crippen molar-refractivity contribution in [2.45, 2.75) is 12.5 Å². The Labute approximate surface area is 112 Å². The molecule has 0 saturated carbocycles. The van der Waals surface area contributed by atoms with Crippen LogP contribution < -0.4 is 5.32 Å². The standard InChI is InChI=1S/C12H11F2NO3S/c13-9-3-7(8(12(17)18)4-10(9)14)11(16)15-6-1-2-19-5-6/h3-4,6H,1-2,5H2,(H,15,16)(H,17,18). The van der Waals surface area contributed by atoms with Gasteiger partial charge in [-0.1, -0.05) is 0 Å². The number of halogens is 2. The van der Waals surface area contributed by atoms with Gasteiger partial charge in [0.25, 0.3) is 5.91 Å². The van der Waals surface area contributed by atoms with Gasteiger partial charge in [-0.3, -0.25) is 4.79 Å². The van der Waals surface area contributed by atoms with Crippen LogP contribution in [0, 0.1) is 11.6 Å². The molecule has 1 aliphatic heterocycles. The summed E-state index contributed by atoms with van der Waals surface area (Å²) in [5.41, 5.74) is -0.898. The number of benzene rings is 1. The highest BCUT2D eigenvalue weighted by atomic mass is 32.2. The van der Waals surface area contributed by atoms with Gasteiger partial charge in [0.1, 0.15) is 0 Å². The van der Waals surface area contributed by atoms with Crippen LogP contribution in [0.5, 0.6) is 0 Å². The maximum atomic E-state index is 13.1. The quantitative estimate of drug-likeness (QED) is 0.891. The smallest absolute Gasteiger partial charge is 0.336 e. The van der Waals surface area contributed by atoms with Gasteiger partial charge in [-0.25, -0.2) is 13.6 Å². The number of hydrogen-bond acceptors (Lipinski definition) is 3. The largest absolute Gasteiger partial charge is 0.478 e. The predicted molar refractivity (Wildman–Crippen MR) is 66.5 cm³/mol. The number of rotatable bonds is 3. The van der Waals surface area contributed by atoms with Gasteiger partial charge in [0.2, 0.25) is 0 Å². The van der Waals surface area contributed by atoms with Gasteiger partial charge in [-0.2, -0.15) is 11.8 Å². The Balaban J connectivity index is 2.28. The summed E-state index contributed by atoms with van der Waals surface area (Å²) in [6, 6.07) is 1.08. The number of carbonyl (C=O) groups excluding carboxylic acids is 1. The Kier molecular flexibility index (Phi) is 4.04. The first-order chi connectivity index (χ1) is 8.99. The minimum Gasteiger partial charge on any atom is -0.478 e. The van der Waals surface area contributed by atoms with Crippen molar-refractivity contribution >= 4 is 23.6 Å². The van der Waals surface area contributed by atoms with Crippen molar-refractivity contribution in [1.29, 1.82) is 0 Å². The molecule has 7 heteroatoms. The number of carboxylic acids is 1. The molecule has 1 aliphatic rings. The summed E-state index contributed by atoms with van der Waals surface area (Å²) in [4.78, 5) is 22.9. The highest BCUT2D eigenvalue weighted by Gasteiger charge is 2.23. The molecule has 19 heavy (non-hydrogen) atoms. The van der Waals surface area contributed by atoms with E-state index < -0.39 is 29.1 Å². The minimum absolute atomic E-state index is 0.0627. The van der Waals surface area contributed by atoms with Gasteiger partial charge in [-0.05, 0) is 24.3 Å². The molecule has 1 aromatic carbocycles. The summed E-state index contributed by atoms with van der Waals surface area (Å²) in [6.45, 7) is 0. The molecule has 4 nitrogen and oxygen atoms in total. The van der Waals surface area contributed by atoms with Crippen LogP contribution in [-0.2, 0) is 0 Å². The van der Waals surface area contributed by atoms with E-state index in [0.29, 0.717) is 12.1 Å². The lowest BCUT2D eigenvalue weighted by atomic mass is 10.1. The second-order valence-corrected chi connectivity index (χ2v) is 5.30. The topological polar surface area (TPSA) is 66.4 Å². The van der Waals surface area contributed by atoms with Gasteiger partial charge >= 0.3 is 5.97 Å². The van der Waals surface area contributed by atoms with E-state index in [9.17, 15) is 18.4 Å². The Morgan fingerprint density at radius 2 is 1.89 bits per heavy atom. The molecule has 1 heterocycles. The molecule has 0 bridgehead atoms. The highest BCUT2D eigenvalue weighted by molar-refractivity contribution is 7.99. The van der Waals surface area contributed by atoms with Crippen molar-refractivity contribution in [2.24, 2.45) is 0 Å². The first kappa shape index (κ1) is 13.8. The summed E-state index contributed by atoms with van der Waals surface area (Å²) in [5, 5.41) is 11.5. The summed E-state index contributed by atoms with van der Waals surface area (Å²) in [7, 11) is 0. The van der Waals surface area contributed by atoms with E-state index in [-0.39, 0.29) is 11.6 Å². The Morgan fingerprint density at radius 1 is 1.26 bits per heavy atom. The second-order valence-electron chi connectivity index (χ2n) is 4.15. The van der Waals surface area contributed by atoms with Crippen LogP contribution >= 0.6 is 11.8 Å². The molecule has 1 saturated heterocycles. The fourth-order valence-electron chi connectivity index (χ4n) is 1.82. The van der Waals surface area contributed by atoms with Gasteiger partial charge < -0.3 is 10.4 Å². The fraction of sp³-hybridized carbons (Fsp3) is 0.333. The molecule has 1 aromatic rings. The molecule has 1 fully saturated rings. The third-order valence-corrected chi connectivity index (χ3v) is 3.96. The normalized spacial score (nSPS) is 18.3. The maximum absolute atomic E-state index is 13.1. The zero-order valence-corrected chi connectivity index (χ0v) is 10.6. The van der Waals surface area contributed by atoms with Crippen LogP contribution in [0.3, 0.4) is 0 Å². The second kappa shape index (κ2) is 5.56. The molecule has 1 unspecified atom stereocenters. The average Bonchev–Trinajstić information content (AvgIpc) is 2.84. The van der Waals surface area contributed by atoms with E-state index in [1.54, 1.807) is 11.8 Å². The number of nitrogens with one attached hydrogen (secondary N) is 1. The molecule has 0 aromatic heterocycles. The van der Waals surface area contributed by atoms with Crippen molar-refractivity contribution in [3.05, 3.63) is 34.9 Å². The average molecular weight is 287 g/mol. The van der Waals surface area contributed by atoms with Gasteiger partial charge in [-0.15, -0.1) is 0 Å². The van der Waals surface area contributed by atoms with Crippen LogP contribution in [-0.4, -0.2) is 34.5 Å². The number of carbonyl (C=O) groups is 2. The van der Waals surface area contributed by atoms with Gasteiger partial charge in [0, 0.05) is 11.8 Å². The first-order valence-corrected chi connectivity index (χ1v) is 6.75. The Bertz CT molecular complexity index is 530. The lowest BCUT2D eigenvalue weighted by Gasteiger charge is -2.13. The molecule has 2 rings (SSSR count). The minimum atomic E-state index is -1.47. The maximum Gasteiger partial charge on any atom is 0.336 e. The molecular formula is C12H11F2NO3S. The first-order valence-electron chi connectivity index (χ1n) is 5.60. The molecule has 102 valence electrons. The fourth-order valence-corrected chi connectivity index (χ4v) is 2.98. The zero-order valence-electron chi connectivity index (χ0n) is 9.78. The number of thioether (sulfide) groups is 1. The summed E-state index contributed by atoms with van der Waals surface area (Å²) in [5.74, 6) is -3.04. The number of amides is 1. The zero-order chi connectivity index (χ0) is 14.0. The molecule has 1 amide bonds. The van der Waals surface area contributed by atoms with Crippen molar-refractivity contribution in [1.82, 2.24) is 5.32 Å². The predicted octanol–water partition coefficient (Wildman–Crippen LogP) is 1.90. The van der Waals surface area contributed by atoms with Crippen LogP contribution in [0.1, 0.15) is 27.1 Å². The summed E-state index contributed by atoms with van der Waals surface area (Å²) < 4.78 is 26.2. The third kappa shape index (κ3) is 3.04. The molecule has 0 spiro atoms. The molecular weight excluding hydrogens is 276 g/mol. The SMILES string of the molecule is O=C(O)c1cc(F)c(F)cc1C(=O)NC1CCSC1. The molecule has 0 radical (unpaired) electrons. The number of carboxylic acid groups (broad SMARTS) is 1. The van der Waals surface area contributed by atoms with Crippen LogP contribution in [0.25, 0.3) is 0 Å². The van der Waals surface area contributed by atoms with E-state index in [0.717, 1.165) is 17.9 Å². The molecule has 1 atom stereocenters. The Morgan fingerprint density at radius 3 is 2.42 bits per heavy atom. The molecule has 0 aliphatic carbocycles. The molecule has 2 N–H and O–H groups in total. The Hall–Kier alpha value is -1.63.